The van der Waals surface area contributed by atoms with Crippen molar-refractivity contribution in [3.63, 3.8) is 0 Å². The molecular weight excluding hydrogens is 420 g/mol. The highest BCUT2D eigenvalue weighted by molar-refractivity contribution is 5.57. The van der Waals surface area contributed by atoms with E-state index >= 15 is 0 Å². The molecule has 7 heteroatoms. The van der Waals surface area contributed by atoms with Crippen LogP contribution in [0.5, 0.6) is 11.5 Å². The monoisotopic (exact) mass is 452 g/mol. The first-order chi connectivity index (χ1) is 16.2. The minimum absolute atomic E-state index is 0.0680. The molecule has 33 heavy (non-hydrogen) atoms. The molecule has 1 heterocycles. The number of nitrogens with one attached hydrogen (secondary N) is 1. The molecule has 5 N–H and O–H groups in total. The summed E-state index contributed by atoms with van der Waals surface area (Å²) < 4.78 is 18.3. The van der Waals surface area contributed by atoms with E-state index in [1.165, 1.54) is 0 Å². The van der Waals surface area contributed by atoms with Crippen LogP contribution >= 0.6 is 0 Å². The number of β-amino-alcohol motifs (C(OH)–C–C–N with tert-alkyl or cyclic N) is 1. The molecule has 0 aliphatic carbocycles. The van der Waals surface area contributed by atoms with Crippen LogP contribution in [-0.2, 0) is 10.3 Å². The van der Waals surface area contributed by atoms with Crippen molar-refractivity contribution >= 4 is 0 Å². The Bertz CT molecular complexity index is 945. The molecule has 0 aromatic heterocycles. The minimum Gasteiger partial charge on any atom is -0.493 e. The van der Waals surface area contributed by atoms with Gasteiger partial charge < -0.3 is 29.8 Å². The SMILES string of the molecule is COc1cccc(C(OCC2CC(O)CN2)(c2ccccc2)c2ccccc2)c1OC.NO. The Kier molecular flexibility index (Phi) is 8.82. The number of benzene rings is 3. The number of hydrogen-bond donors (Lipinski definition) is 4. The number of aliphatic hydroxyl groups is 1. The molecule has 0 amide bonds. The fraction of sp³-hybridized carbons (Fsp3) is 0.308. The molecule has 0 spiro atoms. The van der Waals surface area contributed by atoms with Crippen LogP contribution < -0.4 is 20.7 Å². The van der Waals surface area contributed by atoms with Crippen molar-refractivity contribution < 1.29 is 24.5 Å². The number of aliphatic hydroxyl groups excluding tert-OH is 1. The summed E-state index contributed by atoms with van der Waals surface area (Å²) in [6.45, 7) is 1.02. The van der Waals surface area contributed by atoms with Crippen molar-refractivity contribution in [2.75, 3.05) is 27.4 Å². The van der Waals surface area contributed by atoms with E-state index in [0.717, 1.165) is 16.7 Å². The molecule has 2 unspecified atom stereocenters. The lowest BCUT2D eigenvalue weighted by Gasteiger charge is -2.37. The minimum atomic E-state index is -0.919. The lowest BCUT2D eigenvalue weighted by Crippen LogP contribution is -2.38. The maximum atomic E-state index is 9.98. The van der Waals surface area contributed by atoms with E-state index < -0.39 is 5.60 Å². The van der Waals surface area contributed by atoms with Gasteiger partial charge in [0.15, 0.2) is 11.5 Å². The molecule has 1 saturated heterocycles. The highest BCUT2D eigenvalue weighted by atomic mass is 16.5. The molecule has 2 atom stereocenters. The van der Waals surface area contributed by atoms with Gasteiger partial charge >= 0.3 is 0 Å². The van der Waals surface area contributed by atoms with Gasteiger partial charge in [0.2, 0.25) is 0 Å². The van der Waals surface area contributed by atoms with Gasteiger partial charge in [-0.15, -0.1) is 0 Å². The Hall–Kier alpha value is -2.94. The smallest absolute Gasteiger partial charge is 0.167 e. The number of para-hydroxylation sites is 1. The van der Waals surface area contributed by atoms with E-state index in [-0.39, 0.29) is 12.1 Å². The quantitative estimate of drug-likeness (QED) is 0.307. The zero-order chi connectivity index (χ0) is 23.7. The lowest BCUT2D eigenvalue weighted by atomic mass is 9.79. The lowest BCUT2D eigenvalue weighted by molar-refractivity contribution is -0.000350. The fourth-order valence-corrected chi connectivity index (χ4v) is 4.38. The normalized spacial score (nSPS) is 17.7. The van der Waals surface area contributed by atoms with Gasteiger partial charge in [0.1, 0.15) is 5.60 Å². The number of rotatable bonds is 8. The fourth-order valence-electron chi connectivity index (χ4n) is 4.38. The average molecular weight is 453 g/mol. The number of methoxy groups -OCH3 is 2. The van der Waals surface area contributed by atoms with Crippen molar-refractivity contribution in [2.24, 2.45) is 5.90 Å². The summed E-state index contributed by atoms with van der Waals surface area (Å²) in [5.41, 5.74) is 1.93. The summed E-state index contributed by atoms with van der Waals surface area (Å²) in [6, 6.07) is 26.3. The van der Waals surface area contributed by atoms with Crippen LogP contribution in [0.2, 0.25) is 0 Å². The van der Waals surface area contributed by atoms with Crippen LogP contribution in [0, 0.1) is 0 Å². The molecule has 4 rings (SSSR count). The number of hydrogen-bond acceptors (Lipinski definition) is 7. The molecular formula is C26H32N2O5. The van der Waals surface area contributed by atoms with Crippen LogP contribution in [0.3, 0.4) is 0 Å². The Balaban J connectivity index is 0.00000149. The highest BCUT2D eigenvalue weighted by Crippen LogP contribution is 2.47. The maximum absolute atomic E-state index is 9.98. The zero-order valence-electron chi connectivity index (χ0n) is 19.0. The Morgan fingerprint density at radius 3 is 1.97 bits per heavy atom. The van der Waals surface area contributed by atoms with Gasteiger partial charge in [-0.05, 0) is 23.6 Å². The van der Waals surface area contributed by atoms with Crippen molar-refractivity contribution in [3.05, 3.63) is 95.6 Å². The third-order valence-electron chi connectivity index (χ3n) is 5.84. The van der Waals surface area contributed by atoms with Gasteiger partial charge in [0, 0.05) is 18.2 Å². The van der Waals surface area contributed by atoms with Crippen molar-refractivity contribution in [1.82, 2.24) is 5.32 Å². The van der Waals surface area contributed by atoms with Crippen LogP contribution in [0.15, 0.2) is 78.9 Å². The summed E-state index contributed by atoms with van der Waals surface area (Å²) in [5, 5.41) is 19.8. The first-order valence-electron chi connectivity index (χ1n) is 10.8. The van der Waals surface area contributed by atoms with E-state index in [1.807, 2.05) is 54.6 Å². The second-order valence-corrected chi connectivity index (χ2v) is 7.76. The van der Waals surface area contributed by atoms with Crippen LogP contribution in [-0.4, -0.2) is 49.8 Å². The largest absolute Gasteiger partial charge is 0.493 e. The molecule has 1 aliphatic heterocycles. The van der Waals surface area contributed by atoms with Crippen molar-refractivity contribution in [2.45, 2.75) is 24.2 Å². The highest BCUT2D eigenvalue weighted by Gasteiger charge is 2.41. The van der Waals surface area contributed by atoms with E-state index in [4.69, 9.17) is 19.4 Å². The average Bonchev–Trinajstić information content (AvgIpc) is 3.31. The van der Waals surface area contributed by atoms with Gasteiger partial charge in [-0.25, -0.2) is 5.90 Å². The summed E-state index contributed by atoms with van der Waals surface area (Å²) in [7, 11) is 3.29. The van der Waals surface area contributed by atoms with E-state index in [2.05, 4.69) is 35.5 Å². The Morgan fingerprint density at radius 2 is 1.48 bits per heavy atom. The first kappa shape index (κ1) is 24.7. The molecule has 7 nitrogen and oxygen atoms in total. The zero-order valence-corrected chi connectivity index (χ0v) is 19.0. The first-order valence-corrected chi connectivity index (χ1v) is 10.8. The molecule has 0 radical (unpaired) electrons. The molecule has 3 aromatic carbocycles. The standard InChI is InChI=1S/C26H29NO4.H3NO/c1-29-24-15-9-14-23(25(24)30-2)26(19-10-5-3-6-11-19,20-12-7-4-8-13-20)31-18-21-16-22(28)17-27-21;1-2/h3-15,21-22,27-28H,16-18H2,1-2H3;2H,1H2. The molecule has 1 aliphatic rings. The van der Waals surface area contributed by atoms with Gasteiger partial charge in [-0.3, -0.25) is 0 Å². The third kappa shape index (κ3) is 5.19. The van der Waals surface area contributed by atoms with Gasteiger partial charge in [-0.2, -0.15) is 0 Å². The summed E-state index contributed by atoms with van der Waals surface area (Å²) in [5.74, 6) is 4.78. The number of ether oxygens (including phenoxy) is 3. The summed E-state index contributed by atoms with van der Waals surface area (Å²) in [4.78, 5) is 0. The van der Waals surface area contributed by atoms with Crippen molar-refractivity contribution in [3.8, 4) is 11.5 Å². The Labute approximate surface area is 194 Å². The van der Waals surface area contributed by atoms with Gasteiger partial charge in [0.25, 0.3) is 0 Å². The molecule has 0 saturated carbocycles. The van der Waals surface area contributed by atoms with E-state index in [0.29, 0.717) is 31.1 Å². The predicted molar refractivity (Wildman–Crippen MR) is 127 cm³/mol. The molecule has 176 valence electrons. The third-order valence-corrected chi connectivity index (χ3v) is 5.84. The molecule has 3 aromatic rings. The Morgan fingerprint density at radius 1 is 0.879 bits per heavy atom. The topological polar surface area (TPSA) is 106 Å². The summed E-state index contributed by atoms with van der Waals surface area (Å²) >= 11 is 0. The van der Waals surface area contributed by atoms with Crippen LogP contribution in [0.4, 0.5) is 0 Å². The van der Waals surface area contributed by atoms with E-state index in [1.54, 1.807) is 14.2 Å². The van der Waals surface area contributed by atoms with Crippen LogP contribution in [0.25, 0.3) is 0 Å². The van der Waals surface area contributed by atoms with Gasteiger partial charge in [0.05, 0.1) is 26.9 Å². The van der Waals surface area contributed by atoms with Gasteiger partial charge in [-0.1, -0.05) is 72.8 Å². The second kappa shape index (κ2) is 11.8. The predicted octanol–water partition coefficient (Wildman–Crippen LogP) is 3.07. The molecule has 1 fully saturated rings. The maximum Gasteiger partial charge on any atom is 0.167 e. The molecule has 0 bridgehead atoms. The van der Waals surface area contributed by atoms with E-state index in [9.17, 15) is 5.11 Å². The van der Waals surface area contributed by atoms with Crippen LogP contribution in [0.1, 0.15) is 23.1 Å². The summed E-state index contributed by atoms with van der Waals surface area (Å²) in [6.07, 6.45) is 0.317. The van der Waals surface area contributed by atoms with Crippen molar-refractivity contribution in [1.29, 1.82) is 0 Å². The second-order valence-electron chi connectivity index (χ2n) is 7.76. The number of nitrogens with two attached hydrogens (primary N) is 1.